The smallest absolute Gasteiger partial charge is 0.269 e. The van der Waals surface area contributed by atoms with Gasteiger partial charge in [-0.3, -0.25) is 19.6 Å². The lowest BCUT2D eigenvalue weighted by molar-refractivity contribution is -0.384. The highest BCUT2D eigenvalue weighted by atomic mass is 32.2. The fourth-order valence-corrected chi connectivity index (χ4v) is 3.74. The number of aryl methyl sites for hydroxylation is 1. The number of carbonyl (C=O) groups is 1. The lowest BCUT2D eigenvalue weighted by Crippen LogP contribution is -2.23. The van der Waals surface area contributed by atoms with Gasteiger partial charge in [0.05, 0.1) is 21.2 Å². The van der Waals surface area contributed by atoms with Gasteiger partial charge in [-0.2, -0.15) is 5.10 Å². The third kappa shape index (κ3) is 4.30. The van der Waals surface area contributed by atoms with Crippen molar-refractivity contribution in [2.45, 2.75) is 18.7 Å². The summed E-state index contributed by atoms with van der Waals surface area (Å²) in [6.45, 7) is 3.11. The molecule has 30 heavy (non-hydrogen) atoms. The molecule has 11 heteroatoms. The summed E-state index contributed by atoms with van der Waals surface area (Å²) in [5.41, 5.74) is 1.50. The number of nitro groups is 1. The zero-order valence-corrected chi connectivity index (χ0v) is 17.3. The molecule has 1 heterocycles. The first-order valence-electron chi connectivity index (χ1n) is 8.77. The van der Waals surface area contributed by atoms with Crippen molar-refractivity contribution in [1.82, 2.24) is 9.78 Å². The molecule has 2 aromatic carbocycles. The van der Waals surface area contributed by atoms with Gasteiger partial charge in [0.2, 0.25) is 5.91 Å². The van der Waals surface area contributed by atoms with Crippen molar-refractivity contribution in [1.29, 1.82) is 0 Å². The second-order valence-corrected chi connectivity index (χ2v) is 8.22. The van der Waals surface area contributed by atoms with Crippen molar-refractivity contribution in [3.8, 4) is 5.69 Å². The molecule has 1 amide bonds. The predicted octanol–water partition coefficient (Wildman–Crippen LogP) is 2.87. The average Bonchev–Trinajstić information content (AvgIpc) is 3.06. The van der Waals surface area contributed by atoms with E-state index in [-0.39, 0.29) is 22.3 Å². The molecule has 0 aliphatic rings. The van der Waals surface area contributed by atoms with E-state index < -0.39 is 14.9 Å². The number of hydrogen-bond acceptors (Lipinski definition) is 6. The van der Waals surface area contributed by atoms with Gasteiger partial charge in [0.1, 0.15) is 5.82 Å². The van der Waals surface area contributed by atoms with E-state index in [1.54, 1.807) is 20.0 Å². The van der Waals surface area contributed by atoms with Crippen LogP contribution in [0.3, 0.4) is 0 Å². The Bertz CT molecular complexity index is 1200. The lowest BCUT2D eigenvalue weighted by Gasteiger charge is -2.15. The minimum atomic E-state index is -3.94. The van der Waals surface area contributed by atoms with Crippen LogP contribution in [0.4, 0.5) is 17.2 Å². The number of sulfonamides is 1. The Morgan fingerprint density at radius 3 is 2.27 bits per heavy atom. The van der Waals surface area contributed by atoms with E-state index in [1.165, 1.54) is 65.0 Å². The molecule has 0 bridgehead atoms. The summed E-state index contributed by atoms with van der Waals surface area (Å²) in [5.74, 6) is 0.0116. The maximum Gasteiger partial charge on any atom is 0.269 e. The van der Waals surface area contributed by atoms with Crippen molar-refractivity contribution in [3.05, 3.63) is 70.4 Å². The highest BCUT2D eigenvalue weighted by Gasteiger charge is 2.19. The average molecular weight is 429 g/mol. The number of nitrogens with zero attached hydrogens (tertiary/aromatic N) is 4. The zero-order valence-electron chi connectivity index (χ0n) is 16.4. The van der Waals surface area contributed by atoms with Crippen LogP contribution in [0.1, 0.15) is 12.6 Å². The van der Waals surface area contributed by atoms with E-state index in [0.29, 0.717) is 17.1 Å². The summed E-state index contributed by atoms with van der Waals surface area (Å²) in [7, 11) is -2.34. The van der Waals surface area contributed by atoms with E-state index in [4.69, 9.17) is 0 Å². The van der Waals surface area contributed by atoms with Crippen LogP contribution >= 0.6 is 0 Å². The summed E-state index contributed by atoms with van der Waals surface area (Å²) in [6.07, 6.45) is 0. The van der Waals surface area contributed by atoms with Crippen LogP contribution < -0.4 is 9.62 Å². The Morgan fingerprint density at radius 1 is 1.13 bits per heavy atom. The lowest BCUT2D eigenvalue weighted by atomic mass is 10.3. The number of aromatic nitrogens is 2. The van der Waals surface area contributed by atoms with Crippen LogP contribution in [0.15, 0.2) is 59.5 Å². The molecule has 0 atom stereocenters. The molecule has 1 N–H and O–H groups in total. The first-order chi connectivity index (χ1) is 14.1. The fraction of sp³-hybridized carbons (Fsp3) is 0.158. The normalized spacial score (nSPS) is 11.2. The number of nitro benzene ring substituents is 1. The SMILES string of the molecule is CC(=O)N(C)c1ccc(S(=O)(=O)Nc2cc(C)nn2-c2ccc([N+](=O)[O-])cc2)cc1. The van der Waals surface area contributed by atoms with Crippen LogP contribution in [0.2, 0.25) is 0 Å². The van der Waals surface area contributed by atoms with Crippen molar-refractivity contribution in [2.24, 2.45) is 0 Å². The minimum Gasteiger partial charge on any atom is -0.316 e. The molecular formula is C19H19N5O5S. The number of anilines is 2. The topological polar surface area (TPSA) is 127 Å². The second kappa shape index (κ2) is 7.95. The van der Waals surface area contributed by atoms with E-state index in [9.17, 15) is 23.3 Å². The van der Waals surface area contributed by atoms with E-state index in [2.05, 4.69) is 9.82 Å². The van der Waals surface area contributed by atoms with Gasteiger partial charge in [-0.25, -0.2) is 13.1 Å². The maximum absolute atomic E-state index is 12.8. The van der Waals surface area contributed by atoms with E-state index in [1.807, 2.05) is 0 Å². The highest BCUT2D eigenvalue weighted by Crippen LogP contribution is 2.24. The fourth-order valence-electron chi connectivity index (χ4n) is 2.71. The monoisotopic (exact) mass is 429 g/mol. The summed E-state index contributed by atoms with van der Waals surface area (Å²) in [4.78, 5) is 23.2. The molecule has 10 nitrogen and oxygen atoms in total. The molecule has 0 unspecified atom stereocenters. The molecule has 3 aromatic rings. The van der Waals surface area contributed by atoms with Gasteiger partial charge in [0, 0.05) is 37.9 Å². The van der Waals surface area contributed by atoms with Crippen LogP contribution in [-0.2, 0) is 14.8 Å². The number of carbonyl (C=O) groups excluding carboxylic acids is 1. The molecule has 0 aliphatic heterocycles. The van der Waals surface area contributed by atoms with Gasteiger partial charge >= 0.3 is 0 Å². The third-order valence-corrected chi connectivity index (χ3v) is 5.75. The van der Waals surface area contributed by atoms with Gasteiger partial charge in [0.15, 0.2) is 0 Å². The predicted molar refractivity (Wildman–Crippen MR) is 111 cm³/mol. The zero-order chi connectivity index (χ0) is 22.1. The molecule has 3 rings (SSSR count). The molecule has 0 radical (unpaired) electrons. The number of rotatable bonds is 6. The van der Waals surface area contributed by atoms with Gasteiger partial charge in [0.25, 0.3) is 15.7 Å². The number of nitrogens with one attached hydrogen (secondary N) is 1. The van der Waals surface area contributed by atoms with Crippen molar-refractivity contribution < 1.29 is 18.1 Å². The molecule has 0 saturated carbocycles. The molecule has 156 valence electrons. The number of non-ortho nitro benzene ring substituents is 1. The van der Waals surface area contributed by atoms with Crippen molar-refractivity contribution in [3.63, 3.8) is 0 Å². The Balaban J connectivity index is 1.90. The largest absolute Gasteiger partial charge is 0.316 e. The van der Waals surface area contributed by atoms with Gasteiger partial charge in [-0.1, -0.05) is 0 Å². The first-order valence-corrected chi connectivity index (χ1v) is 10.3. The van der Waals surface area contributed by atoms with Gasteiger partial charge in [-0.15, -0.1) is 0 Å². The van der Waals surface area contributed by atoms with Crippen LogP contribution in [-0.4, -0.2) is 36.1 Å². The number of hydrogen-bond donors (Lipinski definition) is 1. The molecule has 0 saturated heterocycles. The standard InChI is InChI=1S/C19H19N5O5S/c1-13-12-19(23(20-13)16-4-6-17(7-5-16)24(26)27)21-30(28,29)18-10-8-15(9-11-18)22(3)14(2)25/h4-12,21H,1-3H3. The minimum absolute atomic E-state index is 0.0114. The summed E-state index contributed by atoms with van der Waals surface area (Å²) in [6, 6.07) is 13.0. The Hall–Kier alpha value is -3.73. The maximum atomic E-state index is 12.8. The molecule has 0 aliphatic carbocycles. The van der Waals surface area contributed by atoms with Crippen LogP contribution in [0, 0.1) is 17.0 Å². The summed E-state index contributed by atoms with van der Waals surface area (Å²) >= 11 is 0. The van der Waals surface area contributed by atoms with Gasteiger partial charge < -0.3 is 4.90 Å². The van der Waals surface area contributed by atoms with Crippen LogP contribution in [0.5, 0.6) is 0 Å². The second-order valence-electron chi connectivity index (χ2n) is 6.53. The Morgan fingerprint density at radius 2 is 1.73 bits per heavy atom. The van der Waals surface area contributed by atoms with E-state index in [0.717, 1.165) is 0 Å². The molecule has 0 fully saturated rings. The summed E-state index contributed by atoms with van der Waals surface area (Å²) < 4.78 is 29.5. The summed E-state index contributed by atoms with van der Waals surface area (Å²) in [5, 5.41) is 15.1. The number of amides is 1. The molecule has 0 spiro atoms. The molecular weight excluding hydrogens is 410 g/mol. The van der Waals surface area contributed by atoms with E-state index >= 15 is 0 Å². The highest BCUT2D eigenvalue weighted by molar-refractivity contribution is 7.92. The third-order valence-electron chi connectivity index (χ3n) is 4.38. The Labute approximate surface area is 172 Å². The molecule has 1 aromatic heterocycles. The first kappa shape index (κ1) is 21.0. The van der Waals surface area contributed by atoms with Crippen molar-refractivity contribution in [2.75, 3.05) is 16.7 Å². The quantitative estimate of drug-likeness (QED) is 0.474. The van der Waals surface area contributed by atoms with Crippen molar-refractivity contribution >= 4 is 33.1 Å². The Kier molecular flexibility index (Phi) is 5.56. The van der Waals surface area contributed by atoms with Gasteiger partial charge in [-0.05, 0) is 43.3 Å². The number of benzene rings is 2. The van der Waals surface area contributed by atoms with Crippen LogP contribution in [0.25, 0.3) is 5.69 Å².